The molecule has 0 saturated carbocycles. The van der Waals surface area contributed by atoms with Gasteiger partial charge in [-0.15, -0.1) is 0 Å². The van der Waals surface area contributed by atoms with Crippen molar-refractivity contribution in [3.8, 4) is 5.69 Å². The topological polar surface area (TPSA) is 53.4 Å². The van der Waals surface area contributed by atoms with Crippen LogP contribution in [0.4, 0.5) is 11.4 Å². The monoisotopic (exact) mass is 487 g/mol. The summed E-state index contributed by atoms with van der Waals surface area (Å²) in [5.41, 5.74) is 3.91. The maximum atomic E-state index is 13.1. The van der Waals surface area contributed by atoms with Gasteiger partial charge in [-0.05, 0) is 56.4 Å². The molecule has 4 rings (SSSR count). The van der Waals surface area contributed by atoms with E-state index in [0.29, 0.717) is 16.3 Å². The minimum Gasteiger partial charge on any atom is -0.367 e. The lowest BCUT2D eigenvalue weighted by Gasteiger charge is -2.35. The Hall–Kier alpha value is -2.35. The fourth-order valence-electron chi connectivity index (χ4n) is 3.60. The van der Waals surface area contributed by atoms with E-state index in [2.05, 4.69) is 43.2 Å². The summed E-state index contributed by atoms with van der Waals surface area (Å²) in [6.07, 6.45) is 1.60. The van der Waals surface area contributed by atoms with Gasteiger partial charge in [-0.2, -0.15) is 5.10 Å². The van der Waals surface area contributed by atoms with Crippen LogP contribution in [-0.4, -0.2) is 53.8 Å². The van der Waals surface area contributed by atoms with E-state index in [9.17, 15) is 4.79 Å². The quantitative estimate of drug-likeness (QED) is 0.583. The summed E-state index contributed by atoms with van der Waals surface area (Å²) in [6, 6.07) is 13.4. The molecular weight excluding hydrogens is 466 g/mol. The first-order valence-corrected chi connectivity index (χ1v) is 10.9. The van der Waals surface area contributed by atoms with Crippen molar-refractivity contribution in [2.24, 2.45) is 0 Å². The number of carbonyl (C=O) groups is 1. The number of amides is 1. The number of piperazine rings is 1. The first-order chi connectivity index (χ1) is 14.4. The molecule has 1 aliphatic heterocycles. The number of nitrogens with zero attached hydrogens (tertiary/aromatic N) is 4. The predicted molar refractivity (Wildman–Crippen MR) is 125 cm³/mol. The highest BCUT2D eigenvalue weighted by Gasteiger charge is 2.21. The van der Waals surface area contributed by atoms with Crippen molar-refractivity contribution in [1.82, 2.24) is 14.7 Å². The van der Waals surface area contributed by atoms with E-state index in [0.717, 1.165) is 47.7 Å². The lowest BCUT2D eigenvalue weighted by atomic mass is 10.2. The molecule has 1 aromatic heterocycles. The highest BCUT2D eigenvalue weighted by atomic mass is 79.9. The summed E-state index contributed by atoms with van der Waals surface area (Å²) >= 11 is 9.68. The number of carbonyl (C=O) groups excluding carboxylic acids is 1. The van der Waals surface area contributed by atoms with E-state index < -0.39 is 0 Å². The largest absolute Gasteiger partial charge is 0.367 e. The Kier molecular flexibility index (Phi) is 6.13. The number of hydrogen-bond acceptors (Lipinski definition) is 4. The molecule has 0 radical (unpaired) electrons. The summed E-state index contributed by atoms with van der Waals surface area (Å²) < 4.78 is 2.76. The third-order valence-corrected chi connectivity index (χ3v) is 6.14. The van der Waals surface area contributed by atoms with E-state index >= 15 is 0 Å². The molecule has 3 aromatic rings. The molecular formula is C22H23BrClN5O. The number of benzene rings is 2. The Morgan fingerprint density at radius 2 is 1.80 bits per heavy atom. The standard InChI is InChI=1S/C22H23BrClN5O/c1-15-19(14-25-29(15)18-6-3-16(23)4-7-18)22(30)26-20-13-17(24)5-8-21(20)28-11-9-27(2)10-12-28/h3-8,13-14H,9-12H2,1-2H3,(H,26,30). The average molecular weight is 489 g/mol. The highest BCUT2D eigenvalue weighted by molar-refractivity contribution is 9.10. The summed E-state index contributed by atoms with van der Waals surface area (Å²) in [5, 5.41) is 8.05. The maximum absolute atomic E-state index is 13.1. The Morgan fingerprint density at radius 3 is 2.50 bits per heavy atom. The van der Waals surface area contributed by atoms with Gasteiger partial charge in [0, 0.05) is 35.7 Å². The summed E-state index contributed by atoms with van der Waals surface area (Å²) in [4.78, 5) is 17.7. The lowest BCUT2D eigenvalue weighted by Crippen LogP contribution is -2.44. The zero-order valence-electron chi connectivity index (χ0n) is 16.9. The second kappa shape index (κ2) is 8.79. The second-order valence-electron chi connectivity index (χ2n) is 7.44. The van der Waals surface area contributed by atoms with Gasteiger partial charge in [0.25, 0.3) is 5.91 Å². The Labute approximate surface area is 189 Å². The van der Waals surface area contributed by atoms with Crippen LogP contribution in [0, 0.1) is 6.92 Å². The molecule has 1 saturated heterocycles. The van der Waals surface area contributed by atoms with Crippen LogP contribution >= 0.6 is 27.5 Å². The smallest absolute Gasteiger partial charge is 0.259 e. The molecule has 2 aromatic carbocycles. The fraction of sp³-hybridized carbons (Fsp3) is 0.273. The first-order valence-electron chi connectivity index (χ1n) is 9.77. The number of halogens is 2. The van der Waals surface area contributed by atoms with Crippen molar-refractivity contribution in [3.63, 3.8) is 0 Å². The number of likely N-dealkylation sites (N-methyl/N-ethyl adjacent to an activating group) is 1. The van der Waals surface area contributed by atoms with Crippen molar-refractivity contribution < 1.29 is 4.79 Å². The lowest BCUT2D eigenvalue weighted by molar-refractivity contribution is 0.102. The van der Waals surface area contributed by atoms with E-state index in [4.69, 9.17) is 11.6 Å². The van der Waals surface area contributed by atoms with Gasteiger partial charge >= 0.3 is 0 Å². The van der Waals surface area contributed by atoms with E-state index in [1.54, 1.807) is 10.9 Å². The van der Waals surface area contributed by atoms with Gasteiger partial charge in [-0.1, -0.05) is 27.5 Å². The van der Waals surface area contributed by atoms with Crippen LogP contribution in [0.3, 0.4) is 0 Å². The number of anilines is 2. The minimum absolute atomic E-state index is 0.200. The molecule has 6 nitrogen and oxygen atoms in total. The normalized spacial score (nSPS) is 14.7. The highest BCUT2D eigenvalue weighted by Crippen LogP contribution is 2.30. The second-order valence-corrected chi connectivity index (χ2v) is 8.79. The summed E-state index contributed by atoms with van der Waals surface area (Å²) in [6.45, 7) is 5.66. The number of aromatic nitrogens is 2. The first kappa shape index (κ1) is 20.9. The third-order valence-electron chi connectivity index (χ3n) is 5.38. The summed E-state index contributed by atoms with van der Waals surface area (Å²) in [7, 11) is 2.12. The van der Waals surface area contributed by atoms with Gasteiger partial charge in [0.1, 0.15) is 0 Å². The number of nitrogens with one attached hydrogen (secondary N) is 1. The van der Waals surface area contributed by atoms with Crippen LogP contribution in [0.1, 0.15) is 16.1 Å². The molecule has 0 unspecified atom stereocenters. The van der Waals surface area contributed by atoms with Gasteiger partial charge in [0.05, 0.1) is 34.5 Å². The fourth-order valence-corrected chi connectivity index (χ4v) is 4.03. The Bertz CT molecular complexity index is 1060. The number of hydrogen-bond donors (Lipinski definition) is 1. The van der Waals surface area contributed by atoms with Gasteiger partial charge in [0.2, 0.25) is 0 Å². The average Bonchev–Trinajstić information content (AvgIpc) is 3.11. The van der Waals surface area contributed by atoms with Crippen LogP contribution < -0.4 is 10.2 Å². The van der Waals surface area contributed by atoms with Crippen molar-refractivity contribution >= 4 is 44.8 Å². The minimum atomic E-state index is -0.200. The SMILES string of the molecule is Cc1c(C(=O)Nc2cc(Cl)ccc2N2CCN(C)CC2)cnn1-c1ccc(Br)cc1. The molecule has 1 aliphatic rings. The molecule has 0 spiro atoms. The Balaban J connectivity index is 1.59. The molecule has 2 heterocycles. The molecule has 30 heavy (non-hydrogen) atoms. The van der Waals surface area contributed by atoms with Gasteiger partial charge in [-0.25, -0.2) is 4.68 Å². The van der Waals surface area contributed by atoms with Crippen LogP contribution in [0.25, 0.3) is 5.69 Å². The summed E-state index contributed by atoms with van der Waals surface area (Å²) in [5.74, 6) is -0.200. The van der Waals surface area contributed by atoms with Crippen molar-refractivity contribution in [2.75, 3.05) is 43.4 Å². The molecule has 0 atom stereocenters. The van der Waals surface area contributed by atoms with Crippen molar-refractivity contribution in [2.45, 2.75) is 6.92 Å². The van der Waals surface area contributed by atoms with Gasteiger partial charge < -0.3 is 15.1 Å². The molecule has 1 fully saturated rings. The molecule has 1 N–H and O–H groups in total. The van der Waals surface area contributed by atoms with Crippen LogP contribution in [0.2, 0.25) is 5.02 Å². The van der Waals surface area contributed by atoms with Crippen LogP contribution in [0.5, 0.6) is 0 Å². The predicted octanol–water partition coefficient (Wildman–Crippen LogP) is 4.60. The maximum Gasteiger partial charge on any atom is 0.259 e. The molecule has 0 aliphatic carbocycles. The van der Waals surface area contributed by atoms with Crippen LogP contribution in [-0.2, 0) is 0 Å². The Morgan fingerprint density at radius 1 is 1.10 bits per heavy atom. The van der Waals surface area contributed by atoms with Crippen LogP contribution in [0.15, 0.2) is 53.1 Å². The third kappa shape index (κ3) is 4.38. The zero-order valence-corrected chi connectivity index (χ0v) is 19.2. The van der Waals surface area contributed by atoms with Gasteiger partial charge in [0.15, 0.2) is 0 Å². The van der Waals surface area contributed by atoms with Crippen molar-refractivity contribution in [3.05, 3.63) is 69.4 Å². The van der Waals surface area contributed by atoms with E-state index in [-0.39, 0.29) is 5.91 Å². The van der Waals surface area contributed by atoms with Crippen molar-refractivity contribution in [1.29, 1.82) is 0 Å². The zero-order chi connectivity index (χ0) is 21.3. The molecule has 8 heteroatoms. The van der Waals surface area contributed by atoms with E-state index in [1.165, 1.54) is 0 Å². The number of rotatable bonds is 4. The van der Waals surface area contributed by atoms with Gasteiger partial charge in [-0.3, -0.25) is 4.79 Å². The van der Waals surface area contributed by atoms with E-state index in [1.807, 2.05) is 49.4 Å². The molecule has 0 bridgehead atoms. The molecule has 156 valence electrons. The molecule has 1 amide bonds.